The summed E-state index contributed by atoms with van der Waals surface area (Å²) in [5.41, 5.74) is 5.76. The van der Waals surface area contributed by atoms with Crippen LogP contribution in [0.2, 0.25) is 0 Å². The lowest BCUT2D eigenvalue weighted by Gasteiger charge is -2.43. The van der Waals surface area contributed by atoms with Gasteiger partial charge >= 0.3 is 0 Å². The van der Waals surface area contributed by atoms with E-state index >= 15 is 0 Å². The molecule has 78 heavy (non-hydrogen) atoms. The van der Waals surface area contributed by atoms with Crippen LogP contribution in [0.4, 0.5) is 0 Å². The van der Waals surface area contributed by atoms with Crippen LogP contribution in [0.15, 0.2) is 42.5 Å². The van der Waals surface area contributed by atoms with Crippen molar-refractivity contribution < 1.29 is 57.4 Å². The maximum absolute atomic E-state index is 14.6. The van der Waals surface area contributed by atoms with Crippen LogP contribution in [0.1, 0.15) is 118 Å². The fourth-order valence-corrected chi connectivity index (χ4v) is 11.2. The van der Waals surface area contributed by atoms with E-state index in [-0.39, 0.29) is 79.0 Å². The van der Waals surface area contributed by atoms with E-state index in [0.29, 0.717) is 90.8 Å². The van der Waals surface area contributed by atoms with Crippen molar-refractivity contribution in [3.8, 4) is 0 Å². The highest BCUT2D eigenvalue weighted by atomic mass is 16.5. The first-order valence-electron chi connectivity index (χ1n) is 28.1. The molecule has 21 nitrogen and oxygen atoms in total. The molecule has 3 aliphatic rings. The van der Waals surface area contributed by atoms with Crippen molar-refractivity contribution in [2.75, 3.05) is 74.3 Å². The van der Waals surface area contributed by atoms with Gasteiger partial charge in [0.15, 0.2) is 0 Å². The zero-order chi connectivity index (χ0) is 57.6. The summed E-state index contributed by atoms with van der Waals surface area (Å²) < 4.78 is 17.7. The Morgan fingerprint density at radius 2 is 1.36 bits per heavy atom. The Hall–Kier alpha value is -5.61. The second kappa shape index (κ2) is 32.5. The molecule has 0 aromatic heterocycles. The molecule has 3 aliphatic heterocycles. The van der Waals surface area contributed by atoms with Crippen molar-refractivity contribution >= 4 is 53.2 Å². The number of amides is 9. The van der Waals surface area contributed by atoms with Crippen molar-refractivity contribution in [3.63, 3.8) is 0 Å². The predicted octanol–water partition coefficient (Wildman–Crippen LogP) is 3.00. The van der Waals surface area contributed by atoms with Crippen LogP contribution in [0, 0.1) is 23.7 Å². The topological polar surface area (TPSA) is 246 Å². The van der Waals surface area contributed by atoms with Crippen LogP contribution in [-0.2, 0) is 63.8 Å². The van der Waals surface area contributed by atoms with E-state index in [1.54, 1.807) is 30.9 Å². The summed E-state index contributed by atoms with van der Waals surface area (Å²) in [4.78, 5) is 128. The lowest BCUT2D eigenvalue weighted by Crippen LogP contribution is -2.60. The second-order valence-corrected chi connectivity index (χ2v) is 21.9. The Balaban J connectivity index is 1.35. The van der Waals surface area contributed by atoms with Gasteiger partial charge in [-0.3, -0.25) is 74.0 Å². The molecule has 2 saturated heterocycles. The highest BCUT2D eigenvalue weighted by Gasteiger charge is 2.44. The maximum atomic E-state index is 14.6. The van der Waals surface area contributed by atoms with E-state index in [1.807, 2.05) is 81.8 Å². The van der Waals surface area contributed by atoms with Crippen molar-refractivity contribution in [1.82, 2.24) is 46.0 Å². The number of morpholine rings is 1. The van der Waals surface area contributed by atoms with Gasteiger partial charge in [0, 0.05) is 77.9 Å². The minimum atomic E-state index is -0.811. The number of likely N-dealkylation sites (N-methyl/N-ethyl adjacent to an activating group) is 2. The van der Waals surface area contributed by atoms with Crippen molar-refractivity contribution in [2.24, 2.45) is 23.7 Å². The van der Waals surface area contributed by atoms with Gasteiger partial charge in [0.1, 0.15) is 6.04 Å². The van der Waals surface area contributed by atoms with Crippen molar-refractivity contribution in [1.29, 1.82) is 0 Å². The van der Waals surface area contributed by atoms with Gasteiger partial charge in [-0.25, -0.2) is 0 Å². The van der Waals surface area contributed by atoms with Crippen molar-refractivity contribution in [3.05, 3.63) is 48.0 Å². The highest BCUT2D eigenvalue weighted by molar-refractivity contribution is 6.12. The van der Waals surface area contributed by atoms with Crippen molar-refractivity contribution in [2.45, 2.75) is 162 Å². The molecule has 9 amide bonds. The Labute approximate surface area is 462 Å². The van der Waals surface area contributed by atoms with Crippen LogP contribution < -0.4 is 21.5 Å². The van der Waals surface area contributed by atoms with E-state index in [1.165, 1.54) is 19.3 Å². The molecule has 0 spiro atoms. The number of carbonyl (C=O) groups is 9. The normalized spacial score (nSPS) is 18.9. The molecule has 3 heterocycles. The fraction of sp³-hybridized carbons (Fsp3) is 0.702. The van der Waals surface area contributed by atoms with Gasteiger partial charge in [-0.05, 0) is 76.1 Å². The molecular formula is C57H91N9O12. The van der Waals surface area contributed by atoms with E-state index in [2.05, 4.69) is 28.4 Å². The van der Waals surface area contributed by atoms with Crippen LogP contribution >= 0.6 is 0 Å². The number of hydrogen-bond acceptors (Lipinski definition) is 14. The van der Waals surface area contributed by atoms with Crippen LogP contribution in [-0.4, -0.2) is 194 Å². The number of carbonyl (C=O) groups excluding carboxylic acids is 9. The molecule has 0 aliphatic carbocycles. The molecule has 0 radical (unpaired) electrons. The largest absolute Gasteiger partial charge is 0.379 e. The first kappa shape index (κ1) is 64.9. The Morgan fingerprint density at radius 1 is 0.756 bits per heavy atom. The van der Waals surface area contributed by atoms with Gasteiger partial charge in [-0.1, -0.05) is 91.6 Å². The van der Waals surface area contributed by atoms with Crippen LogP contribution in [0.5, 0.6) is 0 Å². The third kappa shape index (κ3) is 18.8. The number of hydrazine groups is 1. The van der Waals surface area contributed by atoms with Gasteiger partial charge < -0.3 is 29.3 Å². The lowest BCUT2D eigenvalue weighted by molar-refractivity contribution is -0.145. The molecule has 0 unspecified atom stereocenters. The number of methoxy groups -OCH3 is 2. The molecular weight excluding hydrogens is 1000 g/mol. The molecule has 1 aromatic rings. The zero-order valence-corrected chi connectivity index (χ0v) is 48.3. The average Bonchev–Trinajstić information content (AvgIpc) is 4.03. The van der Waals surface area contributed by atoms with E-state index in [0.717, 1.165) is 10.5 Å². The first-order chi connectivity index (χ1) is 37.1. The van der Waals surface area contributed by atoms with E-state index < -0.39 is 66.1 Å². The van der Waals surface area contributed by atoms with Gasteiger partial charge in [0.25, 0.3) is 11.8 Å². The highest BCUT2D eigenvalue weighted by Crippen LogP contribution is 2.31. The first-order valence-corrected chi connectivity index (χ1v) is 28.1. The summed E-state index contributed by atoms with van der Waals surface area (Å²) in [6.45, 7) is 16.3. The molecule has 0 bridgehead atoms. The molecule has 21 heteroatoms. The number of nitrogens with zero attached hydrogens (tertiary/aromatic N) is 5. The number of benzene rings is 1. The number of imide groups is 2. The van der Waals surface area contributed by atoms with E-state index in [9.17, 15) is 43.2 Å². The Kier molecular flexibility index (Phi) is 27.0. The molecule has 1 aromatic carbocycles. The number of ether oxygens (including phenoxy) is 3. The number of unbranched alkanes of at least 4 members (excludes halogenated alkanes) is 2. The maximum Gasteiger partial charge on any atom is 0.253 e. The monoisotopic (exact) mass is 1090 g/mol. The zero-order valence-electron chi connectivity index (χ0n) is 48.3. The SMILES string of the molecule is CC[C@H](C)[C@@H]([C@@H](CC(=O)N1CCC[C@H]1[C@H](OC)[C@@H](C)C(=O)N[C@@H](Cc1ccccc1)C(=O)N1CCOCC1)OC)N(C)[C@H](C(=O)NC(=O)[C@H](C(C)C)N(C)CCCC(=O)NNC(=O)CCCCCN1C(=O)C=CC1=O)C(C)C. The minimum absolute atomic E-state index is 0.0142. The number of likely N-dealkylation sites (tertiary alicyclic amines) is 1. The van der Waals surface area contributed by atoms with Gasteiger partial charge in [0.2, 0.25) is 41.4 Å². The molecule has 9 atom stereocenters. The third-order valence-electron chi connectivity index (χ3n) is 15.6. The number of rotatable bonds is 31. The Morgan fingerprint density at radius 3 is 1.94 bits per heavy atom. The van der Waals surface area contributed by atoms with Crippen LogP contribution in [0.3, 0.4) is 0 Å². The summed E-state index contributed by atoms with van der Waals surface area (Å²) in [5.74, 6) is -4.35. The molecule has 4 rings (SSSR count). The van der Waals surface area contributed by atoms with Gasteiger partial charge in [-0.15, -0.1) is 0 Å². The third-order valence-corrected chi connectivity index (χ3v) is 15.6. The molecule has 2 fully saturated rings. The van der Waals surface area contributed by atoms with Crippen LogP contribution in [0.25, 0.3) is 0 Å². The molecule has 0 saturated carbocycles. The summed E-state index contributed by atoms with van der Waals surface area (Å²) in [6.07, 6.45) is 5.73. The van der Waals surface area contributed by atoms with E-state index in [4.69, 9.17) is 14.2 Å². The smallest absolute Gasteiger partial charge is 0.253 e. The summed E-state index contributed by atoms with van der Waals surface area (Å²) in [6, 6.07) is 6.37. The average molecular weight is 1090 g/mol. The number of hydrogen-bond donors (Lipinski definition) is 4. The molecule has 436 valence electrons. The lowest BCUT2D eigenvalue weighted by atomic mass is 9.87. The minimum Gasteiger partial charge on any atom is -0.379 e. The number of nitrogens with one attached hydrogen (secondary N) is 4. The standard InChI is InChI=1S/C57H91N9O12/c1-12-39(6)52(44(76-10)36-49(71)65-30-19-23-43(65)53(77-11)40(7)54(72)58-42(35-41-21-15-13-16-22-41)57(75)64-31-33-78-34-32-64)63(9)51(38(4)5)56(74)59-55(73)50(37(2)3)62(8)28-20-25-46(68)61-60-45(67)24-17-14-18-29-66-47(69)26-27-48(66)70/h13,15-16,21-22,26-27,37-40,42-44,50-53H,12,14,17-20,23-25,28-36H2,1-11H3,(H,58,72)(H,60,67)(H,61,68)(H,59,73,74)/t39-,40+,42-,43-,44+,50-,51-,52-,53+/m0/s1. The predicted molar refractivity (Wildman–Crippen MR) is 293 cm³/mol. The second-order valence-electron chi connectivity index (χ2n) is 21.9. The van der Waals surface area contributed by atoms with Gasteiger partial charge in [0.05, 0.1) is 55.9 Å². The quantitative estimate of drug-likeness (QED) is 0.0475. The summed E-state index contributed by atoms with van der Waals surface area (Å²) in [5, 5.41) is 5.76. The van der Waals surface area contributed by atoms with Gasteiger partial charge in [-0.2, -0.15) is 0 Å². The molecule has 4 N–H and O–H groups in total. The Bertz CT molecular complexity index is 2170. The summed E-state index contributed by atoms with van der Waals surface area (Å²) >= 11 is 0. The summed E-state index contributed by atoms with van der Waals surface area (Å²) in [7, 11) is 6.69. The fourth-order valence-electron chi connectivity index (χ4n) is 11.2.